The third-order valence-electron chi connectivity index (χ3n) is 3.32. The van der Waals surface area contributed by atoms with Crippen molar-refractivity contribution < 1.29 is 28.9 Å². The maximum absolute atomic E-state index is 14.0. The topological polar surface area (TPSA) is 123 Å². The quantitative estimate of drug-likeness (QED) is 0.708. The van der Waals surface area contributed by atoms with Crippen LogP contribution in [0.2, 0.25) is 0 Å². The van der Waals surface area contributed by atoms with E-state index in [0.717, 1.165) is 10.8 Å². The average Bonchev–Trinajstić information content (AvgIpc) is 2.76. The molecule has 1 aliphatic rings. The number of carbonyl (C=O) groups is 1. The first kappa shape index (κ1) is 17.3. The number of rotatable bonds is 4. The molecule has 23 heavy (non-hydrogen) atoms. The number of amides is 1. The van der Waals surface area contributed by atoms with Gasteiger partial charge in [0.05, 0.1) is 18.9 Å². The monoisotopic (exact) mass is 331 g/mol. The molecule has 2 unspecified atom stereocenters. The van der Waals surface area contributed by atoms with Gasteiger partial charge < -0.3 is 19.7 Å². The van der Waals surface area contributed by atoms with Crippen molar-refractivity contribution >= 4 is 11.9 Å². The molecule has 2 heterocycles. The van der Waals surface area contributed by atoms with Gasteiger partial charge in [0.1, 0.15) is 12.2 Å². The molecular formula is C13H18FN3O6. The summed E-state index contributed by atoms with van der Waals surface area (Å²) in [6, 6.07) is 0. The summed E-state index contributed by atoms with van der Waals surface area (Å²) in [5.74, 6) is -1.60. The Morgan fingerprint density at radius 1 is 1.52 bits per heavy atom. The number of nitrogens with one attached hydrogen (secondary N) is 1. The van der Waals surface area contributed by atoms with E-state index in [9.17, 15) is 24.2 Å². The SMILES string of the molecule is CCCOC(=O)Nc1nc(=O)n([C@@H]2O[C@H](C)C(O)C2O)cc1F. The van der Waals surface area contributed by atoms with Gasteiger partial charge in [-0.25, -0.2) is 14.0 Å². The summed E-state index contributed by atoms with van der Waals surface area (Å²) < 4.78 is 24.6. The number of ether oxygens (including phenoxy) is 2. The lowest BCUT2D eigenvalue weighted by molar-refractivity contribution is -0.0355. The average molecular weight is 331 g/mol. The van der Waals surface area contributed by atoms with Crippen molar-refractivity contribution in [1.29, 1.82) is 0 Å². The number of anilines is 1. The number of nitrogens with zero attached hydrogens (tertiary/aromatic N) is 2. The van der Waals surface area contributed by atoms with Crippen molar-refractivity contribution in [3.05, 3.63) is 22.5 Å². The van der Waals surface area contributed by atoms with Crippen LogP contribution in [0.5, 0.6) is 0 Å². The van der Waals surface area contributed by atoms with Gasteiger partial charge in [-0.05, 0) is 13.3 Å². The number of aromatic nitrogens is 2. The van der Waals surface area contributed by atoms with E-state index in [1.54, 1.807) is 6.92 Å². The molecule has 1 amide bonds. The van der Waals surface area contributed by atoms with Crippen LogP contribution in [-0.4, -0.2) is 50.8 Å². The standard InChI is InChI=1S/C13H18FN3O6/c1-3-4-22-13(21)16-10-7(14)5-17(12(20)15-10)11-9(19)8(18)6(2)23-11/h5-6,8-9,11,18-19H,3-4H2,1-2H3,(H,15,16,20,21)/t6-,8?,9?,11-/m1/s1. The zero-order valence-electron chi connectivity index (χ0n) is 12.6. The summed E-state index contributed by atoms with van der Waals surface area (Å²) in [7, 11) is 0. The van der Waals surface area contributed by atoms with Gasteiger partial charge in [-0.1, -0.05) is 6.92 Å². The summed E-state index contributed by atoms with van der Waals surface area (Å²) in [4.78, 5) is 26.7. The van der Waals surface area contributed by atoms with Crippen LogP contribution < -0.4 is 11.0 Å². The Morgan fingerprint density at radius 2 is 2.22 bits per heavy atom. The van der Waals surface area contributed by atoms with Crippen LogP contribution in [-0.2, 0) is 9.47 Å². The molecule has 0 saturated carbocycles. The van der Waals surface area contributed by atoms with Crippen LogP contribution in [0.25, 0.3) is 0 Å². The van der Waals surface area contributed by atoms with E-state index in [2.05, 4.69) is 4.98 Å². The summed E-state index contributed by atoms with van der Waals surface area (Å²) in [6.07, 6.45) is -4.22. The van der Waals surface area contributed by atoms with Gasteiger partial charge in [-0.15, -0.1) is 0 Å². The van der Waals surface area contributed by atoms with E-state index < -0.39 is 48.0 Å². The highest BCUT2D eigenvalue weighted by atomic mass is 19.1. The van der Waals surface area contributed by atoms with Gasteiger partial charge in [0.2, 0.25) is 0 Å². The molecule has 0 aromatic carbocycles. The molecule has 1 fully saturated rings. The third-order valence-corrected chi connectivity index (χ3v) is 3.32. The first-order valence-corrected chi connectivity index (χ1v) is 7.09. The maximum atomic E-state index is 14.0. The normalized spacial score (nSPS) is 27.0. The van der Waals surface area contributed by atoms with E-state index in [4.69, 9.17) is 9.47 Å². The first-order valence-electron chi connectivity index (χ1n) is 7.09. The fraction of sp³-hybridized carbons (Fsp3) is 0.615. The van der Waals surface area contributed by atoms with E-state index in [0.29, 0.717) is 6.42 Å². The van der Waals surface area contributed by atoms with E-state index in [-0.39, 0.29) is 6.61 Å². The van der Waals surface area contributed by atoms with Crippen molar-refractivity contribution in [1.82, 2.24) is 9.55 Å². The highest BCUT2D eigenvalue weighted by Crippen LogP contribution is 2.28. The number of hydrogen-bond donors (Lipinski definition) is 3. The number of halogens is 1. The molecule has 128 valence electrons. The first-order chi connectivity index (χ1) is 10.8. The molecule has 0 aliphatic carbocycles. The summed E-state index contributed by atoms with van der Waals surface area (Å²) >= 11 is 0. The van der Waals surface area contributed by atoms with Crippen LogP contribution in [0.1, 0.15) is 26.5 Å². The molecular weight excluding hydrogens is 313 g/mol. The number of carbonyl (C=O) groups excluding carboxylic acids is 1. The molecule has 0 bridgehead atoms. The fourth-order valence-corrected chi connectivity index (χ4v) is 2.10. The second kappa shape index (κ2) is 7.02. The molecule has 10 heteroatoms. The Balaban J connectivity index is 2.21. The van der Waals surface area contributed by atoms with E-state index in [1.807, 2.05) is 5.32 Å². The van der Waals surface area contributed by atoms with Crippen molar-refractivity contribution in [3.8, 4) is 0 Å². The molecule has 0 radical (unpaired) electrons. The van der Waals surface area contributed by atoms with Gasteiger partial charge in [-0.2, -0.15) is 4.98 Å². The van der Waals surface area contributed by atoms with Gasteiger partial charge in [0.25, 0.3) is 0 Å². The minimum atomic E-state index is -1.41. The van der Waals surface area contributed by atoms with Crippen molar-refractivity contribution in [2.75, 3.05) is 11.9 Å². The fourth-order valence-electron chi connectivity index (χ4n) is 2.10. The molecule has 1 aromatic rings. The minimum absolute atomic E-state index is 0.141. The predicted octanol–water partition coefficient (Wildman–Crippen LogP) is -0.0200. The molecule has 1 aromatic heterocycles. The Morgan fingerprint density at radius 3 is 2.78 bits per heavy atom. The zero-order chi connectivity index (χ0) is 17.1. The van der Waals surface area contributed by atoms with Crippen LogP contribution in [0.15, 0.2) is 11.0 Å². The van der Waals surface area contributed by atoms with Gasteiger partial charge >= 0.3 is 11.8 Å². The van der Waals surface area contributed by atoms with E-state index in [1.165, 1.54) is 6.92 Å². The lowest BCUT2D eigenvalue weighted by atomic mass is 10.1. The number of hydrogen-bond acceptors (Lipinski definition) is 7. The highest BCUT2D eigenvalue weighted by Gasteiger charge is 2.42. The number of aliphatic hydroxyl groups excluding tert-OH is 2. The minimum Gasteiger partial charge on any atom is -0.449 e. The molecule has 3 N–H and O–H groups in total. The van der Waals surface area contributed by atoms with Crippen LogP contribution in [0.3, 0.4) is 0 Å². The third kappa shape index (κ3) is 3.66. The maximum Gasteiger partial charge on any atom is 0.412 e. The van der Waals surface area contributed by atoms with Crippen molar-refractivity contribution in [3.63, 3.8) is 0 Å². The Bertz CT molecular complexity index is 637. The molecule has 0 spiro atoms. The largest absolute Gasteiger partial charge is 0.449 e. The molecule has 1 aliphatic heterocycles. The lowest BCUT2D eigenvalue weighted by Gasteiger charge is -2.17. The zero-order valence-corrected chi connectivity index (χ0v) is 12.6. The van der Waals surface area contributed by atoms with Crippen LogP contribution in [0, 0.1) is 5.82 Å². The van der Waals surface area contributed by atoms with Crippen LogP contribution in [0.4, 0.5) is 15.0 Å². The highest BCUT2D eigenvalue weighted by molar-refractivity contribution is 5.83. The summed E-state index contributed by atoms with van der Waals surface area (Å²) in [5.41, 5.74) is -0.956. The lowest BCUT2D eigenvalue weighted by Crippen LogP contribution is -2.36. The second-order valence-electron chi connectivity index (χ2n) is 5.10. The number of aliphatic hydroxyl groups is 2. The van der Waals surface area contributed by atoms with Crippen LogP contribution >= 0.6 is 0 Å². The summed E-state index contributed by atoms with van der Waals surface area (Å²) in [6.45, 7) is 3.43. The predicted molar refractivity (Wildman–Crippen MR) is 75.3 cm³/mol. The van der Waals surface area contributed by atoms with Gasteiger partial charge in [-0.3, -0.25) is 9.88 Å². The summed E-state index contributed by atoms with van der Waals surface area (Å²) in [5, 5.41) is 21.5. The van der Waals surface area contributed by atoms with E-state index >= 15 is 0 Å². The Hall–Kier alpha value is -2.04. The Labute approximate surface area is 130 Å². The molecule has 4 atom stereocenters. The van der Waals surface area contributed by atoms with Crippen molar-refractivity contribution in [2.45, 2.75) is 44.8 Å². The molecule has 9 nitrogen and oxygen atoms in total. The van der Waals surface area contributed by atoms with Crippen molar-refractivity contribution in [2.24, 2.45) is 0 Å². The van der Waals surface area contributed by atoms with Gasteiger partial charge in [0.15, 0.2) is 17.9 Å². The van der Waals surface area contributed by atoms with Gasteiger partial charge in [0, 0.05) is 0 Å². The Kier molecular flexibility index (Phi) is 5.29. The molecule has 2 rings (SSSR count). The molecule has 1 saturated heterocycles. The smallest absolute Gasteiger partial charge is 0.412 e. The second-order valence-corrected chi connectivity index (χ2v) is 5.10.